The number of ether oxygens (including phenoxy) is 2. The summed E-state index contributed by atoms with van der Waals surface area (Å²) in [5.74, 6) is 1.85. The highest BCUT2D eigenvalue weighted by atomic mass is 32.2. The molecule has 1 N–H and O–H groups in total. The van der Waals surface area contributed by atoms with Gasteiger partial charge in [0.05, 0.1) is 19.9 Å². The molecule has 0 aliphatic carbocycles. The van der Waals surface area contributed by atoms with Crippen LogP contribution in [0.15, 0.2) is 70.6 Å². The summed E-state index contributed by atoms with van der Waals surface area (Å²) in [7, 11) is 3.17. The van der Waals surface area contributed by atoms with E-state index in [1.165, 1.54) is 16.7 Å². The molecule has 0 unspecified atom stereocenters. The summed E-state index contributed by atoms with van der Waals surface area (Å²) < 4.78 is 12.5. The van der Waals surface area contributed by atoms with E-state index >= 15 is 0 Å². The predicted molar refractivity (Wildman–Crippen MR) is 138 cm³/mol. The summed E-state index contributed by atoms with van der Waals surface area (Å²) in [6.45, 7) is 4.19. The third-order valence-corrected chi connectivity index (χ3v) is 6.97. The van der Waals surface area contributed by atoms with Gasteiger partial charge in [0, 0.05) is 22.7 Å². The van der Waals surface area contributed by atoms with Crippen molar-refractivity contribution in [1.29, 1.82) is 0 Å². The third-order valence-electron chi connectivity index (χ3n) is 5.98. The number of aromatic nitrogens is 3. The van der Waals surface area contributed by atoms with Crippen LogP contribution in [-0.4, -0.2) is 28.8 Å². The van der Waals surface area contributed by atoms with Gasteiger partial charge in [0.2, 0.25) is 0 Å². The van der Waals surface area contributed by atoms with Gasteiger partial charge in [0.1, 0.15) is 11.0 Å². The molecule has 2 heterocycles. The molecule has 0 aliphatic rings. The molecule has 3 aromatic carbocycles. The molecule has 0 radical (unpaired) electrons. The van der Waals surface area contributed by atoms with Crippen LogP contribution >= 0.6 is 11.8 Å². The minimum Gasteiger partial charge on any atom is -0.493 e. The van der Waals surface area contributed by atoms with Gasteiger partial charge in [-0.25, -0.2) is 4.98 Å². The Kier molecular flexibility index (Phi) is 5.79. The van der Waals surface area contributed by atoms with Crippen molar-refractivity contribution in [3.05, 3.63) is 87.7 Å². The number of hydrogen-bond donors (Lipinski definition) is 1. The zero-order valence-electron chi connectivity index (χ0n) is 19.5. The number of rotatable bonds is 6. The van der Waals surface area contributed by atoms with Gasteiger partial charge in [-0.1, -0.05) is 53.7 Å². The summed E-state index contributed by atoms with van der Waals surface area (Å²) in [4.78, 5) is 22.1. The second kappa shape index (κ2) is 8.91. The Morgan fingerprint density at radius 1 is 0.971 bits per heavy atom. The SMILES string of the molecule is COc1ccc(-n2c(SCc3cc(C)ccc3C)nc3c([nH]c4ccccc43)c2=O)cc1OC. The fourth-order valence-electron chi connectivity index (χ4n) is 4.13. The fourth-order valence-corrected chi connectivity index (χ4v) is 5.20. The number of aromatic amines is 1. The molecule has 7 heteroatoms. The number of fused-ring (bicyclic) bond motifs is 3. The van der Waals surface area contributed by atoms with Crippen LogP contribution in [0, 0.1) is 13.8 Å². The van der Waals surface area contributed by atoms with Gasteiger partial charge in [-0.3, -0.25) is 9.36 Å². The maximum atomic E-state index is 13.8. The third kappa shape index (κ3) is 3.82. The average Bonchev–Trinajstić information content (AvgIpc) is 3.23. The molecule has 0 spiro atoms. The highest BCUT2D eigenvalue weighted by Gasteiger charge is 2.19. The summed E-state index contributed by atoms with van der Waals surface area (Å²) in [6, 6.07) is 19.7. The van der Waals surface area contributed by atoms with Crippen molar-refractivity contribution in [2.75, 3.05) is 14.2 Å². The first-order valence-electron chi connectivity index (χ1n) is 10.9. The zero-order valence-corrected chi connectivity index (χ0v) is 20.3. The van der Waals surface area contributed by atoms with E-state index in [4.69, 9.17) is 14.5 Å². The highest BCUT2D eigenvalue weighted by molar-refractivity contribution is 7.98. The molecule has 6 nitrogen and oxygen atoms in total. The topological polar surface area (TPSA) is 69.1 Å². The van der Waals surface area contributed by atoms with Gasteiger partial charge in [-0.05, 0) is 43.2 Å². The van der Waals surface area contributed by atoms with Crippen molar-refractivity contribution in [2.45, 2.75) is 24.8 Å². The highest BCUT2D eigenvalue weighted by Crippen LogP contribution is 2.32. The molecule has 0 atom stereocenters. The molecule has 5 aromatic rings. The van der Waals surface area contributed by atoms with E-state index in [0.29, 0.717) is 39.1 Å². The summed E-state index contributed by atoms with van der Waals surface area (Å²) in [6.07, 6.45) is 0. The van der Waals surface area contributed by atoms with Crippen LogP contribution in [0.25, 0.3) is 27.6 Å². The molecule has 0 saturated heterocycles. The second-order valence-electron chi connectivity index (χ2n) is 8.19. The molecule has 0 aliphatic heterocycles. The van der Waals surface area contributed by atoms with Crippen molar-refractivity contribution in [3.8, 4) is 17.2 Å². The smallest absolute Gasteiger partial charge is 0.283 e. The maximum absolute atomic E-state index is 13.8. The molecular weight excluding hydrogens is 446 g/mol. The summed E-state index contributed by atoms with van der Waals surface area (Å²) in [5, 5.41) is 1.55. The number of thioether (sulfide) groups is 1. The van der Waals surface area contributed by atoms with E-state index in [-0.39, 0.29) is 5.56 Å². The molecular formula is C27H25N3O3S. The number of nitrogens with one attached hydrogen (secondary N) is 1. The van der Waals surface area contributed by atoms with Gasteiger partial charge in [-0.15, -0.1) is 0 Å². The van der Waals surface area contributed by atoms with E-state index in [9.17, 15) is 4.79 Å². The Hall–Kier alpha value is -3.71. The number of nitrogens with zero attached hydrogens (tertiary/aromatic N) is 2. The van der Waals surface area contributed by atoms with Crippen LogP contribution in [0.2, 0.25) is 0 Å². The Morgan fingerprint density at radius 2 is 1.76 bits per heavy atom. The number of aryl methyl sites for hydroxylation is 2. The lowest BCUT2D eigenvalue weighted by molar-refractivity contribution is 0.354. The van der Waals surface area contributed by atoms with E-state index in [0.717, 1.165) is 10.9 Å². The average molecular weight is 472 g/mol. The van der Waals surface area contributed by atoms with Crippen molar-refractivity contribution < 1.29 is 9.47 Å². The number of hydrogen-bond acceptors (Lipinski definition) is 5. The van der Waals surface area contributed by atoms with Gasteiger partial charge in [0.25, 0.3) is 5.56 Å². The molecule has 2 aromatic heterocycles. The van der Waals surface area contributed by atoms with E-state index in [1.807, 2.05) is 30.3 Å². The largest absolute Gasteiger partial charge is 0.493 e. The lowest BCUT2D eigenvalue weighted by Crippen LogP contribution is -2.22. The normalized spacial score (nSPS) is 11.3. The molecule has 34 heavy (non-hydrogen) atoms. The number of para-hydroxylation sites is 1. The Bertz CT molecular complexity index is 1590. The van der Waals surface area contributed by atoms with Crippen molar-refractivity contribution >= 4 is 33.7 Å². The number of benzene rings is 3. The van der Waals surface area contributed by atoms with Gasteiger partial charge in [-0.2, -0.15) is 0 Å². The van der Waals surface area contributed by atoms with Crippen LogP contribution < -0.4 is 15.0 Å². The first kappa shape index (κ1) is 22.1. The minimum atomic E-state index is -0.156. The van der Waals surface area contributed by atoms with Gasteiger partial charge < -0.3 is 14.5 Å². The van der Waals surface area contributed by atoms with Gasteiger partial charge >= 0.3 is 0 Å². The Morgan fingerprint density at radius 3 is 2.56 bits per heavy atom. The molecule has 0 saturated carbocycles. The lowest BCUT2D eigenvalue weighted by atomic mass is 10.1. The van der Waals surface area contributed by atoms with Crippen LogP contribution in [0.5, 0.6) is 11.5 Å². The van der Waals surface area contributed by atoms with Crippen LogP contribution in [0.4, 0.5) is 0 Å². The van der Waals surface area contributed by atoms with Crippen molar-refractivity contribution in [2.24, 2.45) is 0 Å². The molecule has 0 amide bonds. The Labute approximate surface area is 201 Å². The monoisotopic (exact) mass is 471 g/mol. The number of methoxy groups -OCH3 is 2. The summed E-state index contributed by atoms with van der Waals surface area (Å²) >= 11 is 1.55. The summed E-state index contributed by atoms with van der Waals surface area (Å²) in [5.41, 5.74) is 6.20. The van der Waals surface area contributed by atoms with Crippen molar-refractivity contribution in [1.82, 2.24) is 14.5 Å². The van der Waals surface area contributed by atoms with E-state index in [1.54, 1.807) is 42.7 Å². The molecule has 0 bridgehead atoms. The molecule has 172 valence electrons. The Balaban J connectivity index is 1.72. The van der Waals surface area contributed by atoms with Crippen LogP contribution in [0.1, 0.15) is 16.7 Å². The molecule has 5 rings (SSSR count). The second-order valence-corrected chi connectivity index (χ2v) is 9.13. The minimum absolute atomic E-state index is 0.156. The standard InChI is InChI=1S/C27H25N3O3S/c1-16-9-10-17(2)18(13-16)15-34-27-29-24-20-7-5-6-8-21(20)28-25(24)26(31)30(27)19-11-12-22(32-3)23(14-19)33-4/h5-14,28H,15H2,1-4H3. The quantitative estimate of drug-likeness (QED) is 0.251. The number of H-pyrrole nitrogens is 1. The first-order valence-corrected chi connectivity index (χ1v) is 11.9. The van der Waals surface area contributed by atoms with Crippen LogP contribution in [0.3, 0.4) is 0 Å². The van der Waals surface area contributed by atoms with E-state index in [2.05, 4.69) is 37.0 Å². The lowest BCUT2D eigenvalue weighted by Gasteiger charge is -2.15. The van der Waals surface area contributed by atoms with E-state index < -0.39 is 0 Å². The zero-order chi connectivity index (χ0) is 23.8. The molecule has 0 fully saturated rings. The van der Waals surface area contributed by atoms with Gasteiger partial charge in [0.15, 0.2) is 16.7 Å². The van der Waals surface area contributed by atoms with Crippen LogP contribution in [-0.2, 0) is 5.75 Å². The van der Waals surface area contributed by atoms with Crippen molar-refractivity contribution in [3.63, 3.8) is 0 Å². The predicted octanol–water partition coefficient (Wildman–Crippen LogP) is 5.79. The maximum Gasteiger partial charge on any atom is 0.283 e. The fraction of sp³-hybridized carbons (Fsp3) is 0.185. The first-order chi connectivity index (χ1) is 16.5.